The van der Waals surface area contributed by atoms with Gasteiger partial charge in [0.1, 0.15) is 0 Å². The van der Waals surface area contributed by atoms with E-state index in [0.717, 1.165) is 0 Å². The van der Waals surface area contributed by atoms with E-state index in [-0.39, 0.29) is 34.1 Å². The average Bonchev–Trinajstić information content (AvgIpc) is 2.14. The van der Waals surface area contributed by atoms with Gasteiger partial charge in [0.05, 0.1) is 23.9 Å². The van der Waals surface area contributed by atoms with Gasteiger partial charge in [-0.2, -0.15) is 0 Å². The number of carboxylic acid groups (broad SMARTS) is 4. The first-order valence-corrected chi connectivity index (χ1v) is 4.78. The first kappa shape index (κ1) is 23.9. The van der Waals surface area contributed by atoms with E-state index in [4.69, 9.17) is 0 Å². The van der Waals surface area contributed by atoms with Crippen molar-refractivity contribution in [3.63, 3.8) is 0 Å². The van der Waals surface area contributed by atoms with E-state index in [1.54, 1.807) is 0 Å². The molecule has 20 heavy (non-hydrogen) atoms. The molecule has 0 spiro atoms. The van der Waals surface area contributed by atoms with Crippen LogP contribution in [0.3, 0.4) is 0 Å². The van der Waals surface area contributed by atoms with Crippen molar-refractivity contribution in [2.24, 2.45) is 0 Å². The SMILES string of the molecule is O=C([O-])CCC(C(=O)[O-])N(CC(=O)[O-])CC(=O)[O-].[Fe+2].[Fe+2]. The third-order valence-electron chi connectivity index (χ3n) is 2.00. The van der Waals surface area contributed by atoms with Gasteiger partial charge in [-0.3, -0.25) is 4.90 Å². The fourth-order valence-corrected chi connectivity index (χ4v) is 1.31. The van der Waals surface area contributed by atoms with E-state index in [9.17, 15) is 39.6 Å². The number of carboxylic acids is 4. The van der Waals surface area contributed by atoms with Gasteiger partial charge in [-0.15, -0.1) is 0 Å². The van der Waals surface area contributed by atoms with Crippen molar-refractivity contribution in [2.45, 2.75) is 18.9 Å². The largest absolute Gasteiger partial charge is 2.00 e. The molecule has 0 N–H and O–H groups in total. The molecule has 114 valence electrons. The Morgan fingerprint density at radius 3 is 1.45 bits per heavy atom. The third kappa shape index (κ3) is 10.8. The minimum absolute atomic E-state index is 0. The molecule has 0 amide bonds. The minimum Gasteiger partial charge on any atom is -0.550 e. The molecule has 1 unspecified atom stereocenters. The summed E-state index contributed by atoms with van der Waals surface area (Å²) < 4.78 is 0. The topological polar surface area (TPSA) is 164 Å². The Labute approximate surface area is 134 Å². The summed E-state index contributed by atoms with van der Waals surface area (Å²) >= 11 is 0. The third-order valence-corrected chi connectivity index (χ3v) is 2.00. The molecule has 0 fully saturated rings. The number of carbonyl (C=O) groups is 4. The van der Waals surface area contributed by atoms with Crippen LogP contribution in [0.2, 0.25) is 0 Å². The molecule has 0 aliphatic rings. The van der Waals surface area contributed by atoms with Crippen molar-refractivity contribution < 1.29 is 73.7 Å². The van der Waals surface area contributed by atoms with Crippen LogP contribution in [0.25, 0.3) is 0 Å². The zero-order chi connectivity index (χ0) is 14.3. The van der Waals surface area contributed by atoms with E-state index in [0.29, 0.717) is 4.90 Å². The Bertz CT molecular complexity index is 346. The number of hydrogen-bond acceptors (Lipinski definition) is 9. The molecule has 0 rings (SSSR count). The van der Waals surface area contributed by atoms with Crippen molar-refractivity contribution in [3.8, 4) is 0 Å². The van der Waals surface area contributed by atoms with Crippen LogP contribution < -0.4 is 20.4 Å². The molecule has 1 atom stereocenters. The average molecular weight is 371 g/mol. The van der Waals surface area contributed by atoms with E-state index in [1.165, 1.54) is 0 Å². The molecule has 0 saturated heterocycles. The first-order chi connectivity index (χ1) is 8.23. The summed E-state index contributed by atoms with van der Waals surface area (Å²) in [5.74, 6) is -6.77. The molecular weight excluding hydrogens is 362 g/mol. The van der Waals surface area contributed by atoms with Crippen LogP contribution in [-0.2, 0) is 53.3 Å². The minimum atomic E-state index is -1.79. The van der Waals surface area contributed by atoms with Crippen molar-refractivity contribution in [1.82, 2.24) is 4.90 Å². The summed E-state index contributed by atoms with van der Waals surface area (Å²) in [5.41, 5.74) is 0. The van der Waals surface area contributed by atoms with E-state index < -0.39 is 55.9 Å². The van der Waals surface area contributed by atoms with Crippen molar-refractivity contribution in [2.75, 3.05) is 13.1 Å². The predicted octanol–water partition coefficient (Wildman–Crippen LogP) is -6.57. The zero-order valence-corrected chi connectivity index (χ0v) is 12.0. The predicted molar refractivity (Wildman–Crippen MR) is 44.6 cm³/mol. The quantitative estimate of drug-likeness (QED) is 0.359. The molecule has 0 aliphatic carbocycles. The molecule has 0 aromatic carbocycles. The van der Waals surface area contributed by atoms with Gasteiger partial charge in [0, 0.05) is 19.1 Å². The number of nitrogens with zero attached hydrogens (tertiary/aromatic N) is 1. The van der Waals surface area contributed by atoms with E-state index >= 15 is 0 Å². The van der Waals surface area contributed by atoms with Crippen LogP contribution in [0, 0.1) is 0 Å². The van der Waals surface area contributed by atoms with Crippen LogP contribution in [0.15, 0.2) is 0 Å². The van der Waals surface area contributed by atoms with Gasteiger partial charge in [-0.1, -0.05) is 0 Å². The summed E-state index contributed by atoms with van der Waals surface area (Å²) in [6.07, 6.45) is -1.24. The Hall–Kier alpha value is -1.12. The van der Waals surface area contributed by atoms with Gasteiger partial charge in [0.2, 0.25) is 0 Å². The van der Waals surface area contributed by atoms with Crippen LogP contribution in [0.4, 0.5) is 0 Å². The smallest absolute Gasteiger partial charge is 0.550 e. The Morgan fingerprint density at radius 1 is 0.800 bits per heavy atom. The molecule has 0 radical (unpaired) electrons. The van der Waals surface area contributed by atoms with Crippen LogP contribution in [0.5, 0.6) is 0 Å². The summed E-state index contributed by atoms with van der Waals surface area (Å²) in [6.45, 7) is -2.00. The van der Waals surface area contributed by atoms with Crippen molar-refractivity contribution in [1.29, 1.82) is 0 Å². The molecule has 0 aromatic rings. The molecule has 0 heterocycles. The summed E-state index contributed by atoms with van der Waals surface area (Å²) in [6, 6.07) is -1.70. The van der Waals surface area contributed by atoms with Gasteiger partial charge in [-0.25, -0.2) is 0 Å². The number of aliphatic carboxylic acids is 4. The maximum atomic E-state index is 10.7. The molecule has 0 aromatic heterocycles. The van der Waals surface area contributed by atoms with Gasteiger partial charge in [0.25, 0.3) is 0 Å². The summed E-state index contributed by atoms with van der Waals surface area (Å²) in [4.78, 5) is 42.1. The second kappa shape index (κ2) is 11.7. The normalized spacial score (nSPS) is 10.8. The second-order valence-electron chi connectivity index (χ2n) is 3.39. The first-order valence-electron chi connectivity index (χ1n) is 4.78. The maximum absolute atomic E-state index is 10.7. The van der Waals surface area contributed by atoms with E-state index in [1.807, 2.05) is 0 Å². The van der Waals surface area contributed by atoms with Gasteiger partial charge in [-0.05, 0) is 12.8 Å². The van der Waals surface area contributed by atoms with Crippen molar-refractivity contribution in [3.05, 3.63) is 0 Å². The second-order valence-corrected chi connectivity index (χ2v) is 3.39. The molecule has 0 saturated carbocycles. The maximum Gasteiger partial charge on any atom is 2.00 e. The standard InChI is InChI=1S/C9H13NO8.2Fe/c11-6(12)2-1-5(9(17)18)10(3-7(13)14)4-8(15)16;;/h5H,1-4H2,(H,11,12)(H,13,14)(H,15,16)(H,17,18);;/q;2*+2/p-4. The van der Waals surface area contributed by atoms with Gasteiger partial charge >= 0.3 is 34.1 Å². The molecule has 11 heteroatoms. The molecular formula is C9H9Fe2NO8. The Kier molecular flexibility index (Phi) is 14.0. The zero-order valence-electron chi connectivity index (χ0n) is 9.83. The van der Waals surface area contributed by atoms with Gasteiger partial charge in [0.15, 0.2) is 0 Å². The number of carbonyl (C=O) groups excluding carboxylic acids is 4. The Balaban J connectivity index is -0.00000144. The number of rotatable bonds is 9. The monoisotopic (exact) mass is 371 g/mol. The summed E-state index contributed by atoms with van der Waals surface area (Å²) in [5, 5.41) is 41.6. The van der Waals surface area contributed by atoms with E-state index in [2.05, 4.69) is 0 Å². The van der Waals surface area contributed by atoms with Crippen molar-refractivity contribution >= 4 is 23.9 Å². The summed E-state index contributed by atoms with van der Waals surface area (Å²) in [7, 11) is 0. The Morgan fingerprint density at radius 2 is 1.20 bits per heavy atom. The fourth-order valence-electron chi connectivity index (χ4n) is 1.31. The van der Waals surface area contributed by atoms with Crippen LogP contribution in [-0.4, -0.2) is 47.9 Å². The molecule has 0 bridgehead atoms. The van der Waals surface area contributed by atoms with Gasteiger partial charge < -0.3 is 39.6 Å². The van der Waals surface area contributed by atoms with Crippen LogP contribution >= 0.6 is 0 Å². The van der Waals surface area contributed by atoms with Crippen LogP contribution in [0.1, 0.15) is 12.8 Å². The molecule has 9 nitrogen and oxygen atoms in total. The number of hydrogen-bond donors (Lipinski definition) is 0. The fraction of sp³-hybridized carbons (Fsp3) is 0.556. The molecule has 0 aliphatic heterocycles.